The van der Waals surface area contributed by atoms with Gasteiger partial charge >= 0.3 is 6.03 Å². The summed E-state index contributed by atoms with van der Waals surface area (Å²) < 4.78 is 0. The van der Waals surface area contributed by atoms with Crippen LogP contribution in [-0.2, 0) is 4.79 Å². The first kappa shape index (κ1) is 23.4. The third-order valence-corrected chi connectivity index (χ3v) is 5.54. The zero-order valence-electron chi connectivity index (χ0n) is 17.3. The van der Waals surface area contributed by atoms with Gasteiger partial charge in [-0.25, -0.2) is 4.79 Å². The van der Waals surface area contributed by atoms with Gasteiger partial charge in [0.1, 0.15) is 5.54 Å². The van der Waals surface area contributed by atoms with Crippen molar-refractivity contribution in [3.8, 4) is 0 Å². The minimum absolute atomic E-state index is 0. The Morgan fingerprint density at radius 3 is 2.48 bits per heavy atom. The van der Waals surface area contributed by atoms with Crippen molar-refractivity contribution in [2.45, 2.75) is 51.5 Å². The number of piperidine rings is 1. The fraction of sp³-hybridized carbons (Fsp3) is 0.571. The molecule has 0 spiro atoms. The van der Waals surface area contributed by atoms with Gasteiger partial charge in [-0.3, -0.25) is 14.7 Å². The van der Waals surface area contributed by atoms with Crippen LogP contribution in [0.4, 0.5) is 10.5 Å². The zero-order valence-corrected chi connectivity index (χ0v) is 19.6. The van der Waals surface area contributed by atoms with Crippen LogP contribution in [0.5, 0.6) is 0 Å². The van der Waals surface area contributed by atoms with Gasteiger partial charge in [-0.1, -0.05) is 25.1 Å². The van der Waals surface area contributed by atoms with Crippen LogP contribution in [0.3, 0.4) is 0 Å². The van der Waals surface area contributed by atoms with Crippen LogP contribution in [0, 0.1) is 0 Å². The second kappa shape index (κ2) is 10.8. The number of rotatable bonds is 6. The summed E-state index contributed by atoms with van der Waals surface area (Å²) in [6.07, 6.45) is 4.84. The normalized spacial score (nSPS) is 22.3. The number of aliphatic imine (C=N–C) groups is 1. The number of likely N-dealkylation sites (tertiary alicyclic amines) is 1. The maximum Gasteiger partial charge on any atom is 0.325 e. The molecular formula is C21H32IN5O2. The highest BCUT2D eigenvalue weighted by Crippen LogP contribution is 2.21. The standard InChI is InChI=1S/C21H31N5O2.HI/c1-3-21(2)18(27)26(20(28)24-21)16-10-13-22-19(25-14-8-5-9-15-25)23-17-11-6-4-7-12-17;/h4,6-7,11-12H,3,5,8-10,13-16H2,1-2H3,(H,22,23)(H,24,28);1H. The molecule has 160 valence electrons. The number of carbonyl (C=O) groups is 2. The molecule has 0 bridgehead atoms. The van der Waals surface area contributed by atoms with Crippen LogP contribution in [0.1, 0.15) is 46.0 Å². The second-order valence-electron chi connectivity index (χ2n) is 7.67. The summed E-state index contributed by atoms with van der Waals surface area (Å²) in [5.74, 6) is 0.740. The van der Waals surface area contributed by atoms with Crippen LogP contribution in [0.2, 0.25) is 0 Å². The van der Waals surface area contributed by atoms with Crippen LogP contribution in [-0.4, -0.2) is 59.4 Å². The van der Waals surface area contributed by atoms with E-state index >= 15 is 0 Å². The number of nitrogens with zero attached hydrogens (tertiary/aromatic N) is 3. The smallest absolute Gasteiger partial charge is 0.325 e. The predicted molar refractivity (Wildman–Crippen MR) is 127 cm³/mol. The van der Waals surface area contributed by atoms with Gasteiger partial charge in [-0.2, -0.15) is 0 Å². The third kappa shape index (κ3) is 5.83. The number of hydrogen-bond donors (Lipinski definition) is 2. The first-order chi connectivity index (χ1) is 13.5. The minimum Gasteiger partial charge on any atom is -0.343 e. The predicted octanol–water partition coefficient (Wildman–Crippen LogP) is 3.67. The lowest BCUT2D eigenvalue weighted by Crippen LogP contribution is -2.43. The van der Waals surface area contributed by atoms with E-state index in [0.717, 1.165) is 24.7 Å². The summed E-state index contributed by atoms with van der Waals surface area (Å²) in [4.78, 5) is 33.0. The fourth-order valence-electron chi connectivity index (χ4n) is 3.58. The van der Waals surface area contributed by atoms with Gasteiger partial charge in [-0.15, -0.1) is 24.0 Å². The molecule has 2 heterocycles. The van der Waals surface area contributed by atoms with Gasteiger partial charge in [0.05, 0.1) is 0 Å². The van der Waals surface area contributed by atoms with E-state index in [-0.39, 0.29) is 35.9 Å². The Kier molecular flexibility index (Phi) is 8.73. The number of imide groups is 1. The average Bonchev–Trinajstić information content (AvgIpc) is 2.95. The van der Waals surface area contributed by atoms with E-state index < -0.39 is 5.54 Å². The number of anilines is 1. The Labute approximate surface area is 190 Å². The van der Waals surface area contributed by atoms with Crippen LogP contribution in [0.15, 0.2) is 35.3 Å². The molecule has 29 heavy (non-hydrogen) atoms. The number of guanidine groups is 1. The average molecular weight is 513 g/mol. The van der Waals surface area contributed by atoms with Crippen molar-refractivity contribution in [2.24, 2.45) is 4.99 Å². The van der Waals surface area contributed by atoms with E-state index in [9.17, 15) is 9.59 Å². The highest BCUT2D eigenvalue weighted by molar-refractivity contribution is 14.0. The molecule has 8 heteroatoms. The summed E-state index contributed by atoms with van der Waals surface area (Å²) in [6.45, 7) is 6.64. The van der Waals surface area contributed by atoms with Gasteiger partial charge in [0.15, 0.2) is 5.96 Å². The molecule has 0 saturated carbocycles. The van der Waals surface area contributed by atoms with Crippen molar-refractivity contribution in [3.05, 3.63) is 30.3 Å². The SMILES string of the molecule is CCC1(C)NC(=O)N(CCCN=C(Nc2ccccc2)N2CCCCC2)C1=O.I. The lowest BCUT2D eigenvalue weighted by Gasteiger charge is -2.30. The van der Waals surface area contributed by atoms with Crippen LogP contribution in [0.25, 0.3) is 0 Å². The molecule has 2 fully saturated rings. The molecule has 3 amide bonds. The van der Waals surface area contributed by atoms with E-state index in [2.05, 4.69) is 15.5 Å². The molecule has 1 aromatic carbocycles. The number of amides is 3. The maximum atomic E-state index is 12.5. The summed E-state index contributed by atoms with van der Waals surface area (Å²) in [7, 11) is 0. The summed E-state index contributed by atoms with van der Waals surface area (Å²) in [5, 5.41) is 6.23. The number of urea groups is 1. The lowest BCUT2D eigenvalue weighted by atomic mass is 9.99. The number of halogens is 1. The molecule has 0 radical (unpaired) electrons. The van der Waals surface area contributed by atoms with Crippen LogP contribution >= 0.6 is 24.0 Å². The Balaban J connectivity index is 0.00000300. The van der Waals surface area contributed by atoms with Gasteiger partial charge < -0.3 is 15.5 Å². The highest BCUT2D eigenvalue weighted by Gasteiger charge is 2.45. The van der Waals surface area contributed by atoms with E-state index in [1.807, 2.05) is 37.3 Å². The molecular weight excluding hydrogens is 481 g/mol. The second-order valence-corrected chi connectivity index (χ2v) is 7.67. The Morgan fingerprint density at radius 1 is 1.17 bits per heavy atom. The Hall–Kier alpha value is -1.84. The molecule has 1 aromatic rings. The van der Waals surface area contributed by atoms with E-state index in [1.54, 1.807) is 6.92 Å². The van der Waals surface area contributed by atoms with Gasteiger partial charge in [-0.05, 0) is 51.2 Å². The van der Waals surface area contributed by atoms with Crippen molar-refractivity contribution in [1.82, 2.24) is 15.1 Å². The fourth-order valence-corrected chi connectivity index (χ4v) is 3.58. The van der Waals surface area contributed by atoms with Gasteiger partial charge in [0, 0.05) is 31.9 Å². The monoisotopic (exact) mass is 513 g/mol. The molecule has 2 N–H and O–H groups in total. The summed E-state index contributed by atoms with van der Waals surface area (Å²) in [6, 6.07) is 9.75. The number of nitrogens with one attached hydrogen (secondary N) is 2. The Morgan fingerprint density at radius 2 is 1.86 bits per heavy atom. The minimum atomic E-state index is -0.770. The van der Waals surface area contributed by atoms with Crippen molar-refractivity contribution in [3.63, 3.8) is 0 Å². The molecule has 7 nitrogen and oxygen atoms in total. The molecule has 1 unspecified atom stereocenters. The highest BCUT2D eigenvalue weighted by atomic mass is 127. The lowest BCUT2D eigenvalue weighted by molar-refractivity contribution is -0.130. The van der Waals surface area contributed by atoms with Crippen molar-refractivity contribution in [1.29, 1.82) is 0 Å². The summed E-state index contributed by atoms with van der Waals surface area (Å²) in [5.41, 5.74) is 0.244. The van der Waals surface area contributed by atoms with E-state index in [4.69, 9.17) is 4.99 Å². The molecule has 0 aliphatic carbocycles. The molecule has 2 aliphatic heterocycles. The van der Waals surface area contributed by atoms with Crippen molar-refractivity contribution < 1.29 is 9.59 Å². The largest absolute Gasteiger partial charge is 0.343 e. The van der Waals surface area contributed by atoms with Gasteiger partial charge in [0.25, 0.3) is 5.91 Å². The number of hydrogen-bond acceptors (Lipinski definition) is 3. The maximum absolute atomic E-state index is 12.5. The Bertz CT molecular complexity index is 721. The number of carbonyl (C=O) groups excluding carboxylic acids is 2. The molecule has 3 rings (SSSR count). The molecule has 2 saturated heterocycles. The van der Waals surface area contributed by atoms with Crippen molar-refractivity contribution in [2.75, 3.05) is 31.5 Å². The first-order valence-corrected chi connectivity index (χ1v) is 10.3. The number of benzene rings is 1. The van der Waals surface area contributed by atoms with Gasteiger partial charge in [0.2, 0.25) is 0 Å². The third-order valence-electron chi connectivity index (χ3n) is 5.54. The van der Waals surface area contributed by atoms with E-state index in [0.29, 0.717) is 25.9 Å². The van der Waals surface area contributed by atoms with Crippen molar-refractivity contribution >= 4 is 47.6 Å². The molecule has 0 aromatic heterocycles. The zero-order chi connectivity index (χ0) is 20.0. The first-order valence-electron chi connectivity index (χ1n) is 10.3. The quantitative estimate of drug-likeness (QED) is 0.200. The number of para-hydroxylation sites is 1. The topological polar surface area (TPSA) is 77.0 Å². The molecule has 1 atom stereocenters. The van der Waals surface area contributed by atoms with E-state index in [1.165, 1.54) is 24.2 Å². The summed E-state index contributed by atoms with van der Waals surface area (Å²) >= 11 is 0. The van der Waals surface area contributed by atoms with Crippen LogP contribution < -0.4 is 10.6 Å². The molecule has 2 aliphatic rings.